The fourth-order valence-corrected chi connectivity index (χ4v) is 18.3. The van der Waals surface area contributed by atoms with E-state index >= 15 is 0 Å². The first-order valence-electron chi connectivity index (χ1n) is 46.6. The number of piperidine rings is 1. The molecule has 2 N–H and O–H groups in total. The molecule has 15 atom stereocenters. The van der Waals surface area contributed by atoms with Crippen LogP contribution in [0.1, 0.15) is 356 Å². The smallest absolute Gasteiger partial charge is 0.329 e. The number of amides is 1. The van der Waals surface area contributed by atoms with Crippen LogP contribution in [0.4, 0.5) is 0 Å². The van der Waals surface area contributed by atoms with Gasteiger partial charge in [0.2, 0.25) is 5.79 Å². The van der Waals surface area contributed by atoms with E-state index in [1.54, 1.807) is 46.9 Å². The maximum absolute atomic E-state index is 14.9. The standard InChI is InChI=1S/C98H159NO21/c1-17-20-22-24-26-28-30-32-34-36-38-40-42-48-86(102)114-65-77(66-115-87(103)49-43-41-39-37-35-33-31-29-27-25-23-21-18-2)116-88(104)58-70(7)59-89(105)118-83-56-69(6)54-71(8)91(83)97(12,13)64-90(106)117-81-51-50-75(62-82(81)111-14)60-72(9)92-74(11)79(100)63-80(101)76(46-19-3)55-67(4)53-68(5)57-84(112-15)93-85(113-16)61-73(10)98(110,120-93)94(107)95(108)99-52-45-44-47-78(99)96(109)119-92/h19,54-56,60,68,70,73-79,81-82,84-85,92-93,100,110H,3,17-18,20-53,57-59,61-66H2,1-2,4-16H3/b67-55+,72-60+/t68-,70?,73+,74+,75-,76+,78-,79-,81+,82+,84-,85-,92+,93+,98+/m0/s1. The molecule has 1 aromatic carbocycles. The summed E-state index contributed by atoms with van der Waals surface area (Å²) >= 11 is 0. The highest BCUT2D eigenvalue weighted by Crippen LogP contribution is 2.42. The Labute approximate surface area is 721 Å². The second-order valence-electron chi connectivity index (χ2n) is 36.7. The van der Waals surface area contributed by atoms with Gasteiger partial charge in [-0.3, -0.25) is 38.4 Å². The van der Waals surface area contributed by atoms with Crippen LogP contribution in [0.15, 0.2) is 48.1 Å². The Hall–Kier alpha value is -6.17. The van der Waals surface area contributed by atoms with Crippen LogP contribution in [-0.4, -0.2) is 170 Å². The number of carbonyl (C=O) groups excluding carboxylic acids is 9. The Morgan fingerprint density at radius 2 is 1.18 bits per heavy atom. The third-order valence-corrected chi connectivity index (χ3v) is 25.2. The molecule has 22 heteroatoms. The summed E-state index contributed by atoms with van der Waals surface area (Å²) in [5, 5.41) is 24.5. The number of hydrogen-bond donors (Lipinski definition) is 2. The summed E-state index contributed by atoms with van der Waals surface area (Å²) in [4.78, 5) is 128. The molecular formula is C98H159NO21. The largest absolute Gasteiger partial charge is 0.462 e. The number of ether oxygens (including phenoxy) is 10. The van der Waals surface area contributed by atoms with Gasteiger partial charge < -0.3 is 62.5 Å². The maximum Gasteiger partial charge on any atom is 0.329 e. The average Bonchev–Trinajstić information content (AvgIpc) is 0.754. The zero-order valence-electron chi connectivity index (χ0n) is 76.7. The van der Waals surface area contributed by atoms with Crippen LogP contribution >= 0.6 is 0 Å². The first kappa shape index (κ1) is 104. The number of aliphatic hydroxyl groups is 2. The Morgan fingerprint density at radius 1 is 0.650 bits per heavy atom. The number of allylic oxidation sites excluding steroid dienone is 4. The molecule has 0 radical (unpaired) electrons. The van der Waals surface area contributed by atoms with Crippen LogP contribution in [-0.2, 0) is 91.2 Å². The first-order valence-corrected chi connectivity index (χ1v) is 46.6. The van der Waals surface area contributed by atoms with E-state index in [-0.39, 0.29) is 94.5 Å². The predicted octanol–water partition coefficient (Wildman–Crippen LogP) is 19.5. The van der Waals surface area contributed by atoms with Gasteiger partial charge in [0.1, 0.15) is 49.1 Å². The van der Waals surface area contributed by atoms with Crippen molar-refractivity contribution in [1.29, 1.82) is 0 Å². The zero-order valence-corrected chi connectivity index (χ0v) is 76.7. The molecule has 22 nitrogen and oxygen atoms in total. The molecule has 4 aliphatic rings. The third kappa shape index (κ3) is 36.2. The van der Waals surface area contributed by atoms with Gasteiger partial charge in [0.05, 0.1) is 30.8 Å². The number of carbonyl (C=O) groups is 9. The number of esters is 6. The van der Waals surface area contributed by atoms with Crippen molar-refractivity contribution in [3.63, 3.8) is 0 Å². The van der Waals surface area contributed by atoms with Crippen LogP contribution < -0.4 is 4.74 Å². The molecule has 0 aromatic heterocycles. The van der Waals surface area contributed by atoms with Gasteiger partial charge in [-0.15, -0.1) is 6.58 Å². The average molecular weight is 1690 g/mol. The lowest BCUT2D eigenvalue weighted by Crippen LogP contribution is -2.64. The number of nitrogens with zero attached hydrogens (tertiary/aromatic N) is 1. The number of ketones is 2. The van der Waals surface area contributed by atoms with Gasteiger partial charge in [-0.05, 0) is 145 Å². The Balaban J connectivity index is 1.23. The van der Waals surface area contributed by atoms with Crippen LogP contribution in [0.3, 0.4) is 0 Å². The minimum Gasteiger partial charge on any atom is -0.462 e. The fraction of sp³-hybridized carbons (Fsp3) is 0.786. The van der Waals surface area contributed by atoms with E-state index in [1.807, 2.05) is 59.8 Å². The van der Waals surface area contributed by atoms with Crippen molar-refractivity contribution >= 4 is 53.3 Å². The highest BCUT2D eigenvalue weighted by Gasteiger charge is 2.57. The quantitative estimate of drug-likeness (QED) is 0.0153. The van der Waals surface area contributed by atoms with Crippen LogP contribution in [0.2, 0.25) is 0 Å². The summed E-state index contributed by atoms with van der Waals surface area (Å²) in [6.07, 6.45) is 32.7. The van der Waals surface area contributed by atoms with Gasteiger partial charge >= 0.3 is 35.8 Å². The lowest BCUT2D eigenvalue weighted by Gasteiger charge is -2.47. The van der Waals surface area contributed by atoms with E-state index in [0.29, 0.717) is 75.3 Å². The normalized spacial score (nSPS) is 25.9. The fourth-order valence-electron chi connectivity index (χ4n) is 18.3. The van der Waals surface area contributed by atoms with Crippen molar-refractivity contribution in [2.75, 3.05) is 41.1 Å². The molecule has 2 bridgehead atoms. The van der Waals surface area contributed by atoms with E-state index in [9.17, 15) is 53.4 Å². The first-order chi connectivity index (χ1) is 57.3. The summed E-state index contributed by atoms with van der Waals surface area (Å²) in [6, 6.07) is 2.46. The molecule has 1 unspecified atom stereocenters. The zero-order chi connectivity index (χ0) is 88.3. The summed E-state index contributed by atoms with van der Waals surface area (Å²) in [6.45, 7) is 26.2. The number of aliphatic hydroxyl groups excluding tert-OH is 1. The molecule has 3 heterocycles. The molecule has 3 fully saturated rings. The number of hydrogen-bond acceptors (Lipinski definition) is 21. The van der Waals surface area contributed by atoms with E-state index in [0.717, 1.165) is 60.1 Å². The van der Waals surface area contributed by atoms with Gasteiger partial charge in [0.25, 0.3) is 11.7 Å². The van der Waals surface area contributed by atoms with Crippen molar-refractivity contribution in [1.82, 2.24) is 4.90 Å². The Bertz CT molecular complexity index is 3310. The van der Waals surface area contributed by atoms with E-state index in [4.69, 9.17) is 47.4 Å². The summed E-state index contributed by atoms with van der Waals surface area (Å²) in [7, 11) is 4.58. The maximum atomic E-state index is 14.9. The lowest BCUT2D eigenvalue weighted by atomic mass is 9.78. The van der Waals surface area contributed by atoms with Crippen LogP contribution in [0.25, 0.3) is 0 Å². The van der Waals surface area contributed by atoms with Gasteiger partial charge in [0.15, 0.2) is 6.10 Å². The number of methoxy groups -OCH3 is 3. The Morgan fingerprint density at radius 3 is 1.71 bits per heavy atom. The topological polar surface area (TPSA) is 290 Å². The lowest BCUT2D eigenvalue weighted by molar-refractivity contribution is -0.302. The van der Waals surface area contributed by atoms with Crippen molar-refractivity contribution < 1.29 is 101 Å². The molecule has 5 rings (SSSR count). The van der Waals surface area contributed by atoms with Crippen LogP contribution in [0, 0.1) is 49.4 Å². The highest BCUT2D eigenvalue weighted by molar-refractivity contribution is 6.39. The van der Waals surface area contributed by atoms with Gasteiger partial charge in [-0.2, -0.15) is 0 Å². The second-order valence-corrected chi connectivity index (χ2v) is 36.7. The van der Waals surface area contributed by atoms with Gasteiger partial charge in [0, 0.05) is 88.7 Å². The van der Waals surface area contributed by atoms with Crippen molar-refractivity contribution in [2.45, 2.75) is 419 Å². The minimum absolute atomic E-state index is 0.0169. The molecular weight excluding hydrogens is 1530 g/mol. The third-order valence-electron chi connectivity index (χ3n) is 25.2. The van der Waals surface area contributed by atoms with E-state index in [2.05, 4.69) is 20.4 Å². The molecule has 120 heavy (non-hydrogen) atoms. The summed E-state index contributed by atoms with van der Waals surface area (Å²) in [5.74, 6) is -11.5. The number of rotatable bonds is 49. The number of Topliss-reactive ketones (excluding diaryl/α,β-unsaturated/α-hetero) is 2. The molecule has 1 saturated carbocycles. The molecule has 0 spiro atoms. The number of benzene rings is 1. The Kier molecular flexibility index (Phi) is 48.7. The number of unbranched alkanes of at least 4 members (excludes halogenated alkanes) is 24. The number of fused-ring (bicyclic) bond motifs is 3. The van der Waals surface area contributed by atoms with Gasteiger partial charge in [-0.25, -0.2) is 4.79 Å². The van der Waals surface area contributed by atoms with Gasteiger partial charge in [-0.1, -0.05) is 239 Å². The molecule has 682 valence electrons. The number of cyclic esters (lactones) is 1. The molecule has 1 aromatic rings. The number of aryl methyl sites for hydroxylation is 2. The predicted molar refractivity (Wildman–Crippen MR) is 466 cm³/mol. The summed E-state index contributed by atoms with van der Waals surface area (Å²) in [5.41, 5.74) is 2.74. The van der Waals surface area contributed by atoms with E-state index < -0.39 is 137 Å². The molecule has 1 amide bonds. The monoisotopic (exact) mass is 1690 g/mol. The molecule has 2 saturated heterocycles. The van der Waals surface area contributed by atoms with Crippen molar-refractivity contribution in [3.8, 4) is 5.75 Å². The second kappa shape index (κ2) is 55.9. The van der Waals surface area contributed by atoms with Crippen molar-refractivity contribution in [2.24, 2.45) is 35.5 Å². The minimum atomic E-state index is -2.59. The van der Waals surface area contributed by atoms with Crippen LogP contribution in [0.5, 0.6) is 5.75 Å². The van der Waals surface area contributed by atoms with E-state index in [1.165, 1.54) is 130 Å². The molecule has 1 aliphatic carbocycles. The SMILES string of the molecule is C=CC[C@@H]1/C=C(\C)C[C@H](C)C[C@H](OC)[C@H]2O[C@@](O)(C(=O)C(=O)N3CCCC[C@H]3C(=O)O[C@H](/C(C)=C/[C@@H]3CC[C@@H](OC(=O)CC(C)(C)c4c(C)cc(C)cc4OC(=O)CC(C)CC(=O)OC(COC(=O)CCCCCCCCCCCCCCC)COC(=O)CCCCCCCCCCCCCCC)[C@H](OC)C3)[C@H](C)[C@@H](O)CC1=O)[C@H](C)C[C@@H]2OC. The summed E-state index contributed by atoms with van der Waals surface area (Å²) < 4.78 is 60.4. The molecule has 3 aliphatic heterocycles. The highest BCUT2D eigenvalue weighted by atomic mass is 16.7. The van der Waals surface area contributed by atoms with Crippen molar-refractivity contribution in [3.05, 3.63) is 64.8 Å².